The Bertz CT molecular complexity index is 457. The number of carbonyl (C=O) groups excluding carboxylic acids is 1. The number of carbonyl (C=O) groups is 1. The molecule has 1 heterocycles. The Labute approximate surface area is 123 Å². The second-order valence-electron chi connectivity index (χ2n) is 4.91. The number of nitrogens with two attached hydrogens (primary N) is 1. The number of benzene rings is 1. The van der Waals surface area contributed by atoms with Gasteiger partial charge in [0.1, 0.15) is 0 Å². The van der Waals surface area contributed by atoms with Crippen molar-refractivity contribution in [2.75, 3.05) is 19.6 Å². The van der Waals surface area contributed by atoms with Crippen LogP contribution in [0.4, 0.5) is 0 Å². The van der Waals surface area contributed by atoms with Crippen molar-refractivity contribution in [1.82, 2.24) is 4.90 Å². The van der Waals surface area contributed by atoms with Gasteiger partial charge in [0, 0.05) is 13.1 Å². The molecule has 0 unspecified atom stereocenters. The van der Waals surface area contributed by atoms with Crippen LogP contribution < -0.4 is 5.73 Å². The monoisotopic (exact) mass is 300 g/mol. The van der Waals surface area contributed by atoms with Crippen LogP contribution in [0.5, 0.6) is 0 Å². The van der Waals surface area contributed by atoms with Crippen molar-refractivity contribution in [2.45, 2.75) is 19.3 Å². The number of piperidine rings is 1. The van der Waals surface area contributed by atoms with E-state index in [9.17, 15) is 4.79 Å². The first-order valence-corrected chi connectivity index (χ1v) is 7.32. The molecule has 0 spiro atoms. The zero-order valence-corrected chi connectivity index (χ0v) is 12.3. The fourth-order valence-corrected chi connectivity index (χ4v) is 2.88. The molecule has 19 heavy (non-hydrogen) atoms. The standard InChI is InChI=1S/C14H18Cl2N2O/c15-12-3-1-2-11(13(12)16)14(19)18-8-5-10(4-7-17)6-9-18/h1-3,10H,4-9,17H2. The van der Waals surface area contributed by atoms with Gasteiger partial charge in [-0.2, -0.15) is 0 Å². The molecule has 1 aliphatic heterocycles. The smallest absolute Gasteiger partial charge is 0.255 e. The molecule has 0 aromatic heterocycles. The SMILES string of the molecule is NCCC1CCN(C(=O)c2cccc(Cl)c2Cl)CC1. The number of likely N-dealkylation sites (tertiary alicyclic amines) is 1. The molecular weight excluding hydrogens is 283 g/mol. The van der Waals surface area contributed by atoms with Crippen LogP contribution in [-0.2, 0) is 0 Å². The minimum Gasteiger partial charge on any atom is -0.339 e. The molecule has 0 aliphatic carbocycles. The average molecular weight is 301 g/mol. The van der Waals surface area contributed by atoms with Crippen LogP contribution in [-0.4, -0.2) is 30.4 Å². The maximum absolute atomic E-state index is 12.4. The molecule has 0 radical (unpaired) electrons. The van der Waals surface area contributed by atoms with Gasteiger partial charge >= 0.3 is 0 Å². The first kappa shape index (κ1) is 14.6. The second-order valence-corrected chi connectivity index (χ2v) is 5.70. The Hall–Kier alpha value is -0.770. The molecule has 1 aromatic carbocycles. The fourth-order valence-electron chi connectivity index (χ4n) is 2.50. The highest BCUT2D eigenvalue weighted by molar-refractivity contribution is 6.43. The van der Waals surface area contributed by atoms with Gasteiger partial charge in [-0.3, -0.25) is 4.79 Å². The van der Waals surface area contributed by atoms with Gasteiger partial charge in [-0.05, 0) is 43.9 Å². The van der Waals surface area contributed by atoms with Crippen LogP contribution in [0.1, 0.15) is 29.6 Å². The van der Waals surface area contributed by atoms with Gasteiger partial charge < -0.3 is 10.6 Å². The molecule has 3 nitrogen and oxygen atoms in total. The number of rotatable bonds is 3. The van der Waals surface area contributed by atoms with Crippen LogP contribution in [0.25, 0.3) is 0 Å². The number of halogens is 2. The number of nitrogens with zero attached hydrogens (tertiary/aromatic N) is 1. The number of hydrogen-bond donors (Lipinski definition) is 1. The van der Waals surface area contributed by atoms with E-state index in [1.54, 1.807) is 18.2 Å². The van der Waals surface area contributed by atoms with Gasteiger partial charge in [0.25, 0.3) is 5.91 Å². The van der Waals surface area contributed by atoms with E-state index in [0.29, 0.717) is 21.5 Å². The number of hydrogen-bond acceptors (Lipinski definition) is 2. The third-order valence-corrected chi connectivity index (χ3v) is 4.48. The Kier molecular flexibility index (Phi) is 5.08. The minimum absolute atomic E-state index is 0.0290. The molecule has 0 bridgehead atoms. The molecule has 1 aromatic rings. The van der Waals surface area contributed by atoms with Crippen LogP contribution in [0.15, 0.2) is 18.2 Å². The molecule has 1 fully saturated rings. The summed E-state index contributed by atoms with van der Waals surface area (Å²) >= 11 is 12.0. The molecule has 0 atom stereocenters. The van der Waals surface area contributed by atoms with Crippen molar-refractivity contribution in [1.29, 1.82) is 0 Å². The summed E-state index contributed by atoms with van der Waals surface area (Å²) in [6.07, 6.45) is 3.07. The lowest BCUT2D eigenvalue weighted by Crippen LogP contribution is -2.39. The molecule has 0 saturated carbocycles. The van der Waals surface area contributed by atoms with Gasteiger partial charge in [-0.15, -0.1) is 0 Å². The van der Waals surface area contributed by atoms with Crippen LogP contribution in [0.2, 0.25) is 10.0 Å². The van der Waals surface area contributed by atoms with Crippen molar-refractivity contribution in [3.63, 3.8) is 0 Å². The third kappa shape index (κ3) is 3.41. The Balaban J connectivity index is 2.03. The lowest BCUT2D eigenvalue weighted by atomic mass is 9.93. The molecule has 5 heteroatoms. The molecule has 1 aliphatic rings. The third-order valence-electron chi connectivity index (χ3n) is 3.66. The van der Waals surface area contributed by atoms with Gasteiger partial charge in [-0.1, -0.05) is 29.3 Å². The van der Waals surface area contributed by atoms with Gasteiger partial charge in [0.05, 0.1) is 15.6 Å². The predicted molar refractivity (Wildman–Crippen MR) is 78.8 cm³/mol. The maximum Gasteiger partial charge on any atom is 0.255 e. The van der Waals surface area contributed by atoms with Gasteiger partial charge in [0.15, 0.2) is 0 Å². The summed E-state index contributed by atoms with van der Waals surface area (Å²) in [5.41, 5.74) is 6.06. The van der Waals surface area contributed by atoms with E-state index < -0.39 is 0 Å². The van der Waals surface area contributed by atoms with Gasteiger partial charge in [0.2, 0.25) is 0 Å². The second kappa shape index (κ2) is 6.60. The first-order chi connectivity index (χ1) is 9.13. The predicted octanol–water partition coefficient (Wildman–Crippen LogP) is 3.19. The van der Waals surface area contributed by atoms with Crippen molar-refractivity contribution >= 4 is 29.1 Å². The molecular formula is C14H18Cl2N2O. The van der Waals surface area contributed by atoms with Crippen molar-refractivity contribution < 1.29 is 4.79 Å². The van der Waals surface area contributed by atoms with Crippen LogP contribution in [0, 0.1) is 5.92 Å². The van der Waals surface area contributed by atoms with Crippen LogP contribution in [0.3, 0.4) is 0 Å². The largest absolute Gasteiger partial charge is 0.339 e. The van der Waals surface area contributed by atoms with Crippen molar-refractivity contribution in [3.05, 3.63) is 33.8 Å². The lowest BCUT2D eigenvalue weighted by Gasteiger charge is -2.32. The molecule has 104 valence electrons. The summed E-state index contributed by atoms with van der Waals surface area (Å²) in [7, 11) is 0. The molecule has 1 amide bonds. The normalized spacial score (nSPS) is 16.7. The first-order valence-electron chi connectivity index (χ1n) is 6.57. The number of amides is 1. The quantitative estimate of drug-likeness (QED) is 0.932. The summed E-state index contributed by atoms with van der Waals surface area (Å²) in [6.45, 7) is 2.26. The van der Waals surface area contributed by atoms with Gasteiger partial charge in [-0.25, -0.2) is 0 Å². The molecule has 1 saturated heterocycles. The zero-order chi connectivity index (χ0) is 13.8. The Morgan fingerprint density at radius 2 is 2.00 bits per heavy atom. The topological polar surface area (TPSA) is 46.3 Å². The fraction of sp³-hybridized carbons (Fsp3) is 0.500. The van der Waals surface area contributed by atoms with E-state index in [0.717, 1.165) is 38.9 Å². The maximum atomic E-state index is 12.4. The Morgan fingerprint density at radius 3 is 2.63 bits per heavy atom. The summed E-state index contributed by atoms with van der Waals surface area (Å²) in [5, 5.41) is 0.767. The Morgan fingerprint density at radius 1 is 1.32 bits per heavy atom. The van der Waals surface area contributed by atoms with E-state index in [1.165, 1.54) is 0 Å². The van der Waals surface area contributed by atoms with Crippen LogP contribution >= 0.6 is 23.2 Å². The summed E-state index contributed by atoms with van der Waals surface area (Å²) in [5.74, 6) is 0.614. The van der Waals surface area contributed by atoms with E-state index in [4.69, 9.17) is 28.9 Å². The zero-order valence-electron chi connectivity index (χ0n) is 10.7. The molecule has 2 rings (SSSR count). The highest BCUT2D eigenvalue weighted by Crippen LogP contribution is 2.28. The van der Waals surface area contributed by atoms with E-state index in [2.05, 4.69) is 0 Å². The minimum atomic E-state index is -0.0290. The lowest BCUT2D eigenvalue weighted by molar-refractivity contribution is 0.0688. The highest BCUT2D eigenvalue weighted by Gasteiger charge is 2.24. The summed E-state index contributed by atoms with van der Waals surface area (Å²) < 4.78 is 0. The average Bonchev–Trinajstić information content (AvgIpc) is 2.42. The van der Waals surface area contributed by atoms with Crippen molar-refractivity contribution in [2.24, 2.45) is 11.7 Å². The highest BCUT2D eigenvalue weighted by atomic mass is 35.5. The molecule has 2 N–H and O–H groups in total. The van der Waals surface area contributed by atoms with E-state index in [-0.39, 0.29) is 5.91 Å². The van der Waals surface area contributed by atoms with E-state index in [1.807, 2.05) is 4.90 Å². The van der Waals surface area contributed by atoms with E-state index >= 15 is 0 Å². The summed E-state index contributed by atoms with van der Waals surface area (Å²) in [4.78, 5) is 14.2. The summed E-state index contributed by atoms with van der Waals surface area (Å²) in [6, 6.07) is 5.17. The van der Waals surface area contributed by atoms with Crippen molar-refractivity contribution in [3.8, 4) is 0 Å².